The molecule has 3 rings (SSSR count). The number of anilines is 1. The lowest BCUT2D eigenvalue weighted by Crippen LogP contribution is -2.36. The predicted molar refractivity (Wildman–Crippen MR) is 100 cm³/mol. The molecule has 0 N–H and O–H groups in total. The second-order valence-electron chi connectivity index (χ2n) is 6.03. The van der Waals surface area contributed by atoms with Crippen molar-refractivity contribution in [1.29, 1.82) is 0 Å². The number of aryl methyl sites for hydroxylation is 1. The summed E-state index contributed by atoms with van der Waals surface area (Å²) in [5, 5.41) is 0. The Morgan fingerprint density at radius 1 is 1.28 bits per heavy atom. The number of nitrogens with zero attached hydrogens (tertiary/aromatic N) is 1. The van der Waals surface area contributed by atoms with Crippen LogP contribution in [0.2, 0.25) is 0 Å². The van der Waals surface area contributed by atoms with Gasteiger partial charge in [0.25, 0.3) is 5.91 Å². The topological polar surface area (TPSA) is 38.8 Å². The third kappa shape index (κ3) is 4.02. The molecule has 0 spiro atoms. The first kappa shape index (κ1) is 17.1. The largest absolute Gasteiger partial charge is 0.493 e. The van der Waals surface area contributed by atoms with E-state index < -0.39 is 0 Å². The van der Waals surface area contributed by atoms with E-state index in [4.69, 9.17) is 9.47 Å². The first-order valence-corrected chi connectivity index (χ1v) is 8.64. The van der Waals surface area contributed by atoms with Gasteiger partial charge in [-0.1, -0.05) is 31.2 Å². The molecule has 1 heterocycles. The number of fused-ring (bicyclic) bond motifs is 1. The lowest BCUT2D eigenvalue weighted by Gasteiger charge is -2.29. The van der Waals surface area contributed by atoms with Crippen molar-refractivity contribution < 1.29 is 14.3 Å². The molecular formula is C21H23NO3. The summed E-state index contributed by atoms with van der Waals surface area (Å²) in [6.45, 7) is 5.79. The smallest absolute Gasteiger partial charge is 0.251 e. The number of para-hydroxylation sites is 1. The third-order valence-electron chi connectivity index (χ3n) is 4.03. The van der Waals surface area contributed by atoms with E-state index in [2.05, 4.69) is 6.92 Å². The van der Waals surface area contributed by atoms with Crippen LogP contribution in [-0.2, 0) is 4.79 Å². The highest BCUT2D eigenvalue weighted by atomic mass is 16.5. The molecule has 1 amide bonds. The van der Waals surface area contributed by atoms with E-state index in [1.165, 1.54) is 0 Å². The molecule has 0 aliphatic carbocycles. The Kier molecular flexibility index (Phi) is 5.39. The van der Waals surface area contributed by atoms with Gasteiger partial charge < -0.3 is 14.4 Å². The SMILES string of the molecule is CCCOc1ccccc1/C=C/C(=O)N1CCOc2ccc(C)cc21. The molecule has 130 valence electrons. The van der Waals surface area contributed by atoms with Gasteiger partial charge in [-0.2, -0.15) is 0 Å². The number of rotatable bonds is 5. The van der Waals surface area contributed by atoms with Crippen molar-refractivity contribution in [3.8, 4) is 11.5 Å². The summed E-state index contributed by atoms with van der Waals surface area (Å²) in [5.74, 6) is 1.50. The van der Waals surface area contributed by atoms with Crippen molar-refractivity contribution in [3.05, 3.63) is 59.7 Å². The Bertz CT molecular complexity index is 782. The van der Waals surface area contributed by atoms with Gasteiger partial charge in [0.2, 0.25) is 0 Å². The monoisotopic (exact) mass is 337 g/mol. The standard InChI is InChI=1S/C21H23NO3/c1-3-13-24-19-7-5-4-6-17(19)9-11-21(23)22-12-14-25-20-10-8-16(2)15-18(20)22/h4-11,15H,3,12-14H2,1-2H3/b11-9+. The highest BCUT2D eigenvalue weighted by Gasteiger charge is 2.22. The molecule has 0 aromatic heterocycles. The summed E-state index contributed by atoms with van der Waals surface area (Å²) < 4.78 is 11.4. The van der Waals surface area contributed by atoms with Gasteiger partial charge in [-0.25, -0.2) is 0 Å². The second kappa shape index (κ2) is 7.88. The number of amides is 1. The van der Waals surface area contributed by atoms with Crippen LogP contribution >= 0.6 is 0 Å². The van der Waals surface area contributed by atoms with Crippen LogP contribution in [0.1, 0.15) is 24.5 Å². The molecule has 25 heavy (non-hydrogen) atoms. The molecule has 1 aliphatic rings. The van der Waals surface area contributed by atoms with Gasteiger partial charge in [-0.15, -0.1) is 0 Å². The summed E-state index contributed by atoms with van der Waals surface area (Å²) in [5.41, 5.74) is 2.84. The molecule has 0 fully saturated rings. The molecule has 2 aromatic rings. The van der Waals surface area contributed by atoms with Crippen molar-refractivity contribution in [2.75, 3.05) is 24.7 Å². The van der Waals surface area contributed by atoms with E-state index in [1.807, 2.05) is 55.5 Å². The van der Waals surface area contributed by atoms with Crippen LogP contribution in [-0.4, -0.2) is 25.7 Å². The average molecular weight is 337 g/mol. The Hall–Kier alpha value is -2.75. The van der Waals surface area contributed by atoms with E-state index in [1.54, 1.807) is 11.0 Å². The van der Waals surface area contributed by atoms with Crippen molar-refractivity contribution in [3.63, 3.8) is 0 Å². The van der Waals surface area contributed by atoms with Crippen LogP contribution in [0.5, 0.6) is 11.5 Å². The maximum Gasteiger partial charge on any atom is 0.251 e. The summed E-state index contributed by atoms with van der Waals surface area (Å²) in [6, 6.07) is 13.6. The Morgan fingerprint density at radius 2 is 2.12 bits per heavy atom. The fourth-order valence-corrected chi connectivity index (χ4v) is 2.77. The van der Waals surface area contributed by atoms with E-state index >= 15 is 0 Å². The van der Waals surface area contributed by atoms with Crippen molar-refractivity contribution in [2.45, 2.75) is 20.3 Å². The van der Waals surface area contributed by atoms with Gasteiger partial charge in [-0.3, -0.25) is 4.79 Å². The molecule has 0 radical (unpaired) electrons. The average Bonchev–Trinajstić information content (AvgIpc) is 2.64. The first-order chi connectivity index (χ1) is 12.2. The molecule has 0 saturated carbocycles. The molecule has 0 bridgehead atoms. The van der Waals surface area contributed by atoms with Crippen molar-refractivity contribution in [2.24, 2.45) is 0 Å². The fourth-order valence-electron chi connectivity index (χ4n) is 2.77. The number of hydrogen-bond acceptors (Lipinski definition) is 3. The van der Waals surface area contributed by atoms with Gasteiger partial charge >= 0.3 is 0 Å². The Morgan fingerprint density at radius 3 is 2.96 bits per heavy atom. The number of carbonyl (C=O) groups excluding carboxylic acids is 1. The lowest BCUT2D eigenvalue weighted by molar-refractivity contribution is -0.114. The summed E-state index contributed by atoms with van der Waals surface area (Å²) in [6.07, 6.45) is 4.37. The van der Waals surface area contributed by atoms with Crippen LogP contribution in [0.15, 0.2) is 48.5 Å². The van der Waals surface area contributed by atoms with Crippen LogP contribution < -0.4 is 14.4 Å². The maximum atomic E-state index is 12.7. The lowest BCUT2D eigenvalue weighted by atomic mass is 10.1. The molecule has 2 aromatic carbocycles. The van der Waals surface area contributed by atoms with Crippen LogP contribution in [0, 0.1) is 6.92 Å². The minimum Gasteiger partial charge on any atom is -0.493 e. The maximum absolute atomic E-state index is 12.7. The van der Waals surface area contributed by atoms with E-state index in [0.29, 0.717) is 19.8 Å². The molecule has 0 unspecified atom stereocenters. The van der Waals surface area contributed by atoms with Gasteiger partial charge in [0.1, 0.15) is 18.1 Å². The van der Waals surface area contributed by atoms with E-state index in [0.717, 1.165) is 34.7 Å². The zero-order chi connectivity index (χ0) is 17.6. The minimum atomic E-state index is -0.0551. The summed E-state index contributed by atoms with van der Waals surface area (Å²) >= 11 is 0. The number of benzene rings is 2. The summed E-state index contributed by atoms with van der Waals surface area (Å²) in [4.78, 5) is 14.5. The number of hydrogen-bond donors (Lipinski definition) is 0. The first-order valence-electron chi connectivity index (χ1n) is 8.64. The van der Waals surface area contributed by atoms with Gasteiger partial charge in [0.05, 0.1) is 18.8 Å². The Labute approximate surface area is 148 Å². The van der Waals surface area contributed by atoms with E-state index in [-0.39, 0.29) is 5.91 Å². The molecular weight excluding hydrogens is 314 g/mol. The third-order valence-corrected chi connectivity index (χ3v) is 4.03. The van der Waals surface area contributed by atoms with Crippen molar-refractivity contribution in [1.82, 2.24) is 0 Å². The number of carbonyl (C=O) groups is 1. The summed E-state index contributed by atoms with van der Waals surface area (Å²) in [7, 11) is 0. The normalized spacial score (nSPS) is 13.4. The molecule has 4 heteroatoms. The highest BCUT2D eigenvalue weighted by molar-refractivity contribution is 6.05. The quantitative estimate of drug-likeness (QED) is 0.767. The highest BCUT2D eigenvalue weighted by Crippen LogP contribution is 2.32. The predicted octanol–water partition coefficient (Wildman–Crippen LogP) is 4.22. The van der Waals surface area contributed by atoms with Gasteiger partial charge in [0, 0.05) is 11.6 Å². The molecule has 1 aliphatic heterocycles. The molecule has 4 nitrogen and oxygen atoms in total. The van der Waals surface area contributed by atoms with Crippen molar-refractivity contribution >= 4 is 17.7 Å². The Balaban J connectivity index is 1.80. The second-order valence-corrected chi connectivity index (χ2v) is 6.03. The minimum absolute atomic E-state index is 0.0551. The van der Waals surface area contributed by atoms with Crippen LogP contribution in [0.25, 0.3) is 6.08 Å². The van der Waals surface area contributed by atoms with E-state index in [9.17, 15) is 4.79 Å². The molecule has 0 atom stereocenters. The number of ether oxygens (including phenoxy) is 2. The van der Waals surface area contributed by atoms with Gasteiger partial charge in [0.15, 0.2) is 0 Å². The van der Waals surface area contributed by atoms with Crippen LogP contribution in [0.4, 0.5) is 5.69 Å². The molecule has 0 saturated heterocycles. The van der Waals surface area contributed by atoms with Crippen LogP contribution in [0.3, 0.4) is 0 Å². The fraction of sp³-hybridized carbons (Fsp3) is 0.286. The zero-order valence-electron chi connectivity index (χ0n) is 14.7. The zero-order valence-corrected chi connectivity index (χ0v) is 14.7. The van der Waals surface area contributed by atoms with Gasteiger partial charge in [-0.05, 0) is 43.2 Å².